The summed E-state index contributed by atoms with van der Waals surface area (Å²) in [5.74, 6) is 0.862. The Balaban J connectivity index is 1.97. The lowest BCUT2D eigenvalue weighted by Gasteiger charge is -2.31. The van der Waals surface area contributed by atoms with E-state index in [1.54, 1.807) is 7.11 Å². The van der Waals surface area contributed by atoms with Gasteiger partial charge < -0.3 is 10.1 Å². The van der Waals surface area contributed by atoms with E-state index in [-0.39, 0.29) is 0 Å². The summed E-state index contributed by atoms with van der Waals surface area (Å²) in [6, 6.07) is 3.79. The monoisotopic (exact) mass is 269 g/mol. The van der Waals surface area contributed by atoms with E-state index in [0.29, 0.717) is 6.10 Å². The SMILES string of the molecule is CNc1ccc(Cl)c(CN2CCC(OC)CC2)n1. The van der Waals surface area contributed by atoms with Crippen molar-refractivity contribution in [1.29, 1.82) is 0 Å². The molecule has 0 amide bonds. The van der Waals surface area contributed by atoms with Crippen LogP contribution in [0.25, 0.3) is 0 Å². The van der Waals surface area contributed by atoms with Gasteiger partial charge in [0.25, 0.3) is 0 Å². The third-order valence-corrected chi connectivity index (χ3v) is 3.76. The van der Waals surface area contributed by atoms with Gasteiger partial charge in [-0.2, -0.15) is 0 Å². The number of nitrogens with zero attached hydrogens (tertiary/aromatic N) is 2. The molecule has 0 aliphatic carbocycles. The number of piperidine rings is 1. The molecule has 1 aliphatic rings. The molecule has 0 saturated carbocycles. The molecule has 1 aliphatic heterocycles. The molecule has 0 unspecified atom stereocenters. The first-order valence-corrected chi connectivity index (χ1v) is 6.69. The van der Waals surface area contributed by atoms with Crippen LogP contribution in [0.15, 0.2) is 12.1 Å². The normalized spacial score (nSPS) is 17.9. The molecule has 0 aromatic carbocycles. The maximum Gasteiger partial charge on any atom is 0.126 e. The highest BCUT2D eigenvalue weighted by molar-refractivity contribution is 6.31. The molecule has 0 atom stereocenters. The third-order valence-electron chi connectivity index (χ3n) is 3.42. The largest absolute Gasteiger partial charge is 0.381 e. The van der Waals surface area contributed by atoms with Crippen LogP contribution in [0.5, 0.6) is 0 Å². The van der Waals surface area contributed by atoms with Crippen molar-refractivity contribution in [1.82, 2.24) is 9.88 Å². The minimum Gasteiger partial charge on any atom is -0.381 e. The predicted molar refractivity (Wildman–Crippen MR) is 74.1 cm³/mol. The van der Waals surface area contributed by atoms with Crippen LogP contribution in [0.4, 0.5) is 5.82 Å². The maximum atomic E-state index is 6.19. The molecule has 5 heteroatoms. The van der Waals surface area contributed by atoms with Gasteiger partial charge in [-0.15, -0.1) is 0 Å². The molecule has 0 bridgehead atoms. The summed E-state index contributed by atoms with van der Waals surface area (Å²) in [7, 11) is 3.65. The number of anilines is 1. The zero-order valence-corrected chi connectivity index (χ0v) is 11.7. The number of methoxy groups -OCH3 is 1. The Morgan fingerprint density at radius 3 is 2.78 bits per heavy atom. The second-order valence-electron chi connectivity index (χ2n) is 4.59. The fourth-order valence-corrected chi connectivity index (χ4v) is 2.41. The summed E-state index contributed by atoms with van der Waals surface area (Å²) < 4.78 is 5.37. The van der Waals surface area contributed by atoms with Crippen molar-refractivity contribution in [2.24, 2.45) is 0 Å². The van der Waals surface area contributed by atoms with Gasteiger partial charge in [0.05, 0.1) is 16.8 Å². The Bertz CT molecular complexity index is 392. The van der Waals surface area contributed by atoms with Crippen molar-refractivity contribution in [3.05, 3.63) is 22.8 Å². The molecule has 1 aromatic rings. The summed E-state index contributed by atoms with van der Waals surface area (Å²) in [5, 5.41) is 3.78. The molecule has 4 nitrogen and oxygen atoms in total. The third kappa shape index (κ3) is 3.34. The van der Waals surface area contributed by atoms with E-state index in [4.69, 9.17) is 16.3 Å². The molecule has 0 radical (unpaired) electrons. The quantitative estimate of drug-likeness (QED) is 0.911. The Hall–Kier alpha value is -0.840. The van der Waals surface area contributed by atoms with E-state index in [1.165, 1.54) is 0 Å². The highest BCUT2D eigenvalue weighted by Crippen LogP contribution is 2.21. The fraction of sp³-hybridized carbons (Fsp3) is 0.615. The number of ether oxygens (including phenoxy) is 1. The summed E-state index contributed by atoms with van der Waals surface area (Å²) in [5.41, 5.74) is 0.944. The molecule has 100 valence electrons. The van der Waals surface area contributed by atoms with E-state index in [0.717, 1.165) is 49.0 Å². The van der Waals surface area contributed by atoms with Crippen LogP contribution in [0, 0.1) is 0 Å². The lowest BCUT2D eigenvalue weighted by atomic mass is 10.1. The summed E-state index contributed by atoms with van der Waals surface area (Å²) in [6.07, 6.45) is 2.58. The van der Waals surface area contributed by atoms with E-state index in [2.05, 4.69) is 15.2 Å². The van der Waals surface area contributed by atoms with Crippen molar-refractivity contribution < 1.29 is 4.74 Å². The highest BCUT2D eigenvalue weighted by Gasteiger charge is 2.19. The number of hydrogen-bond donors (Lipinski definition) is 1. The average molecular weight is 270 g/mol. The van der Waals surface area contributed by atoms with Gasteiger partial charge in [0.15, 0.2) is 0 Å². The molecule has 2 rings (SSSR count). The summed E-state index contributed by atoms with van der Waals surface area (Å²) in [6.45, 7) is 2.89. The van der Waals surface area contributed by atoms with Crippen LogP contribution in [0.2, 0.25) is 5.02 Å². The zero-order valence-electron chi connectivity index (χ0n) is 10.9. The smallest absolute Gasteiger partial charge is 0.126 e. The molecule has 1 N–H and O–H groups in total. The minimum atomic E-state index is 0.410. The minimum absolute atomic E-state index is 0.410. The van der Waals surface area contributed by atoms with E-state index >= 15 is 0 Å². The van der Waals surface area contributed by atoms with Gasteiger partial charge in [0.2, 0.25) is 0 Å². The highest BCUT2D eigenvalue weighted by atomic mass is 35.5. The first-order chi connectivity index (χ1) is 8.72. The van der Waals surface area contributed by atoms with Gasteiger partial charge in [-0.1, -0.05) is 11.6 Å². The topological polar surface area (TPSA) is 37.4 Å². The molecular weight excluding hydrogens is 250 g/mol. The van der Waals surface area contributed by atoms with Crippen molar-refractivity contribution in [2.75, 3.05) is 32.6 Å². The number of rotatable bonds is 4. The van der Waals surface area contributed by atoms with Crippen molar-refractivity contribution >= 4 is 17.4 Å². The Labute approximate surface area is 113 Å². The zero-order chi connectivity index (χ0) is 13.0. The molecule has 0 spiro atoms. The first-order valence-electron chi connectivity index (χ1n) is 6.31. The maximum absolute atomic E-state index is 6.19. The van der Waals surface area contributed by atoms with Gasteiger partial charge in [-0.3, -0.25) is 4.90 Å². The molecule has 1 aromatic heterocycles. The van der Waals surface area contributed by atoms with Crippen LogP contribution < -0.4 is 5.32 Å². The Morgan fingerprint density at radius 1 is 1.44 bits per heavy atom. The van der Waals surface area contributed by atoms with Gasteiger partial charge in [0, 0.05) is 33.8 Å². The molecular formula is C13H20ClN3O. The number of halogens is 1. The number of aromatic nitrogens is 1. The lowest BCUT2D eigenvalue weighted by Crippen LogP contribution is -2.36. The van der Waals surface area contributed by atoms with Gasteiger partial charge in [-0.25, -0.2) is 4.98 Å². The van der Waals surface area contributed by atoms with Gasteiger partial charge in [-0.05, 0) is 25.0 Å². The van der Waals surface area contributed by atoms with Crippen molar-refractivity contribution in [3.8, 4) is 0 Å². The summed E-state index contributed by atoms with van der Waals surface area (Å²) in [4.78, 5) is 6.89. The second kappa shape index (κ2) is 6.36. The number of likely N-dealkylation sites (tertiary alicyclic amines) is 1. The van der Waals surface area contributed by atoms with Crippen LogP contribution >= 0.6 is 11.6 Å². The van der Waals surface area contributed by atoms with Crippen LogP contribution in [0.3, 0.4) is 0 Å². The van der Waals surface area contributed by atoms with Crippen LogP contribution in [0.1, 0.15) is 18.5 Å². The molecule has 2 heterocycles. The molecule has 1 saturated heterocycles. The molecule has 1 fully saturated rings. The Kier molecular flexibility index (Phi) is 4.80. The van der Waals surface area contributed by atoms with Crippen molar-refractivity contribution in [2.45, 2.75) is 25.5 Å². The second-order valence-corrected chi connectivity index (χ2v) is 4.99. The Morgan fingerprint density at radius 2 is 2.17 bits per heavy atom. The van der Waals surface area contributed by atoms with Gasteiger partial charge in [0.1, 0.15) is 5.82 Å². The fourth-order valence-electron chi connectivity index (χ4n) is 2.25. The van der Waals surface area contributed by atoms with E-state index < -0.39 is 0 Å². The lowest BCUT2D eigenvalue weighted by molar-refractivity contribution is 0.0385. The summed E-state index contributed by atoms with van der Waals surface area (Å²) >= 11 is 6.19. The number of hydrogen-bond acceptors (Lipinski definition) is 4. The average Bonchev–Trinajstić information content (AvgIpc) is 2.42. The van der Waals surface area contributed by atoms with E-state index in [9.17, 15) is 0 Å². The van der Waals surface area contributed by atoms with Crippen LogP contribution in [-0.2, 0) is 11.3 Å². The predicted octanol–water partition coefficient (Wildman–Crippen LogP) is 2.39. The van der Waals surface area contributed by atoms with Crippen LogP contribution in [-0.4, -0.2) is 43.2 Å². The van der Waals surface area contributed by atoms with Crippen molar-refractivity contribution in [3.63, 3.8) is 0 Å². The number of pyridine rings is 1. The first kappa shape index (κ1) is 13.6. The van der Waals surface area contributed by atoms with Gasteiger partial charge >= 0.3 is 0 Å². The van der Waals surface area contributed by atoms with E-state index in [1.807, 2.05) is 19.2 Å². The number of nitrogens with one attached hydrogen (secondary N) is 1. The standard InChI is InChI=1S/C13H20ClN3O/c1-15-13-4-3-11(14)12(16-13)9-17-7-5-10(18-2)6-8-17/h3-4,10H,5-9H2,1-2H3,(H,15,16). The molecule has 18 heavy (non-hydrogen) atoms.